The van der Waals surface area contributed by atoms with Crippen LogP contribution >= 0.6 is 0 Å². The van der Waals surface area contributed by atoms with Crippen LogP contribution in [0.4, 0.5) is 0 Å². The lowest BCUT2D eigenvalue weighted by molar-refractivity contribution is 0.408. The Bertz CT molecular complexity index is 2770. The molecule has 0 saturated heterocycles. The van der Waals surface area contributed by atoms with Crippen LogP contribution < -0.4 is 16.4 Å². The molecule has 0 fully saturated rings. The maximum absolute atomic E-state index is 11.5. The molecular formula is C44H32B3N3O2. The van der Waals surface area contributed by atoms with Crippen molar-refractivity contribution in [2.75, 3.05) is 0 Å². The number of fused-ring (bicyclic) bond motifs is 3. The van der Waals surface area contributed by atoms with Crippen LogP contribution in [0.5, 0.6) is 11.5 Å². The third kappa shape index (κ3) is 4.83. The van der Waals surface area contributed by atoms with Crippen LogP contribution in [0.3, 0.4) is 0 Å². The molecule has 8 heteroatoms. The Hall–Kier alpha value is -6.53. The molecule has 2 heterocycles. The van der Waals surface area contributed by atoms with Crippen molar-refractivity contribution in [3.8, 4) is 62.0 Å². The van der Waals surface area contributed by atoms with Gasteiger partial charge >= 0.3 is 0 Å². The van der Waals surface area contributed by atoms with E-state index in [0.29, 0.717) is 16.9 Å². The summed E-state index contributed by atoms with van der Waals surface area (Å²) in [4.78, 5) is 9.44. The van der Waals surface area contributed by atoms with Crippen LogP contribution in [0.15, 0.2) is 146 Å². The fourth-order valence-electron chi connectivity index (χ4n) is 7.80. The molecule has 0 aliphatic rings. The van der Waals surface area contributed by atoms with E-state index in [-0.39, 0.29) is 11.5 Å². The number of nitrogens with zero attached hydrogens (tertiary/aromatic N) is 3. The summed E-state index contributed by atoms with van der Waals surface area (Å²) in [5.74, 6) is 0.288. The summed E-state index contributed by atoms with van der Waals surface area (Å²) in [5, 5.41) is 27.2. The maximum atomic E-state index is 11.5. The highest BCUT2D eigenvalue weighted by atomic mass is 16.3. The van der Waals surface area contributed by atoms with Crippen molar-refractivity contribution in [2.45, 2.75) is 0 Å². The van der Waals surface area contributed by atoms with Gasteiger partial charge in [-0.25, -0.2) is 4.98 Å². The summed E-state index contributed by atoms with van der Waals surface area (Å²) < 4.78 is 2.13. The van der Waals surface area contributed by atoms with Gasteiger partial charge in [-0.2, -0.15) is 0 Å². The zero-order valence-electron chi connectivity index (χ0n) is 29.1. The fraction of sp³-hybridized carbons (Fsp3) is 0. The number of imidazole rings is 1. The molecule has 0 spiro atoms. The molecule has 0 atom stereocenters. The highest BCUT2D eigenvalue weighted by Crippen LogP contribution is 2.46. The van der Waals surface area contributed by atoms with Crippen molar-refractivity contribution in [2.24, 2.45) is 0 Å². The monoisotopic (exact) mass is 667 g/mol. The van der Waals surface area contributed by atoms with Crippen molar-refractivity contribution < 1.29 is 10.2 Å². The summed E-state index contributed by atoms with van der Waals surface area (Å²) in [6.07, 6.45) is 3.69. The van der Waals surface area contributed by atoms with Crippen molar-refractivity contribution in [1.82, 2.24) is 14.5 Å². The molecule has 7 aromatic carbocycles. The van der Waals surface area contributed by atoms with Crippen molar-refractivity contribution in [1.29, 1.82) is 0 Å². The normalized spacial score (nSPS) is 11.5. The predicted molar refractivity (Wildman–Crippen MR) is 223 cm³/mol. The molecule has 0 unspecified atom stereocenters. The highest BCUT2D eigenvalue weighted by molar-refractivity contribution is 6.59. The third-order valence-corrected chi connectivity index (χ3v) is 10.6. The first kappa shape index (κ1) is 31.5. The quantitative estimate of drug-likeness (QED) is 0.143. The van der Waals surface area contributed by atoms with Gasteiger partial charge in [0.05, 0.1) is 22.3 Å². The van der Waals surface area contributed by atoms with Gasteiger partial charge in [-0.1, -0.05) is 126 Å². The Kier molecular flexibility index (Phi) is 7.48. The summed E-state index contributed by atoms with van der Waals surface area (Å²) in [5.41, 5.74) is 12.3. The van der Waals surface area contributed by atoms with E-state index in [2.05, 4.69) is 113 Å². The Morgan fingerprint density at radius 3 is 1.75 bits per heavy atom. The number of benzene rings is 7. The lowest BCUT2D eigenvalue weighted by Gasteiger charge is -2.22. The van der Waals surface area contributed by atoms with Gasteiger partial charge in [0, 0.05) is 18.0 Å². The van der Waals surface area contributed by atoms with E-state index in [9.17, 15) is 10.2 Å². The van der Waals surface area contributed by atoms with Crippen molar-refractivity contribution >= 4 is 72.5 Å². The van der Waals surface area contributed by atoms with Crippen LogP contribution in [-0.4, -0.2) is 48.3 Å². The molecule has 9 rings (SSSR count). The molecule has 2 N–H and O–H groups in total. The number of aromatic nitrogens is 3. The minimum Gasteiger partial charge on any atom is -0.505 e. The first-order chi connectivity index (χ1) is 25.4. The van der Waals surface area contributed by atoms with E-state index in [4.69, 9.17) is 4.98 Å². The van der Waals surface area contributed by atoms with E-state index in [1.54, 1.807) is 6.20 Å². The number of hydrogen-bond acceptors (Lipinski definition) is 4. The number of phenols is 2. The Labute approximate surface area is 304 Å². The van der Waals surface area contributed by atoms with Gasteiger partial charge in [-0.15, -0.1) is 0 Å². The first-order valence-corrected chi connectivity index (χ1v) is 17.5. The smallest absolute Gasteiger partial charge is 0.167 e. The van der Waals surface area contributed by atoms with Gasteiger partial charge in [0.1, 0.15) is 29.4 Å². The minimum absolute atomic E-state index is 0.119. The Balaban J connectivity index is 1.34. The molecule has 0 bridgehead atoms. The number of para-hydroxylation sites is 3. The predicted octanol–water partition coefficient (Wildman–Crippen LogP) is 5.58. The summed E-state index contributed by atoms with van der Waals surface area (Å²) in [6, 6.07) is 46.6. The largest absolute Gasteiger partial charge is 0.505 e. The lowest BCUT2D eigenvalue weighted by Crippen LogP contribution is -2.40. The lowest BCUT2D eigenvalue weighted by atomic mass is 9.69. The second kappa shape index (κ2) is 12.4. The van der Waals surface area contributed by atoms with Gasteiger partial charge in [-0.05, 0) is 73.6 Å². The summed E-state index contributed by atoms with van der Waals surface area (Å²) in [7, 11) is 5.78. The number of pyridine rings is 1. The second-order valence-electron chi connectivity index (χ2n) is 13.4. The third-order valence-electron chi connectivity index (χ3n) is 10.6. The van der Waals surface area contributed by atoms with Gasteiger partial charge in [-0.3, -0.25) is 9.55 Å². The van der Waals surface area contributed by atoms with Gasteiger partial charge in [0.15, 0.2) is 11.5 Å². The standard InChI is InChI=1S/C44H32B3N3O2/c45-39-38(42(51)43(52)41(47)40(39)46)44-49-33-16-6-8-18-35(33)50(44)34-17-7-5-15-32(34)37-30-13-3-1-11-28(30)36(29-12-2-4-14-31(29)37)26-21-19-25(20-22-26)27-10-9-23-48-24-27/h1-24,51-52H,45-47H2. The Morgan fingerprint density at radius 2 is 1.08 bits per heavy atom. The van der Waals surface area contributed by atoms with Crippen LogP contribution in [0.25, 0.3) is 83.0 Å². The fourth-order valence-corrected chi connectivity index (χ4v) is 7.80. The SMILES string of the molecule is Bc1c(B)c(O)c(O)c(-c2nc3ccccc3n2-c2ccccc2-c2c3ccccc3c(-c3ccc(-c4cccnc4)cc3)c3ccccc23)c1B. The highest BCUT2D eigenvalue weighted by Gasteiger charge is 2.26. The second-order valence-corrected chi connectivity index (χ2v) is 13.4. The van der Waals surface area contributed by atoms with Gasteiger partial charge < -0.3 is 10.2 Å². The molecule has 0 radical (unpaired) electrons. The molecule has 244 valence electrons. The molecule has 0 saturated carbocycles. The van der Waals surface area contributed by atoms with Crippen LogP contribution in [-0.2, 0) is 0 Å². The molecule has 0 aliphatic heterocycles. The van der Waals surface area contributed by atoms with Crippen LogP contribution in [0.1, 0.15) is 0 Å². The van der Waals surface area contributed by atoms with E-state index in [0.717, 1.165) is 77.0 Å². The summed E-state index contributed by atoms with van der Waals surface area (Å²) >= 11 is 0. The van der Waals surface area contributed by atoms with Crippen LogP contribution in [0.2, 0.25) is 0 Å². The van der Waals surface area contributed by atoms with Crippen molar-refractivity contribution in [3.63, 3.8) is 0 Å². The molecule has 9 aromatic rings. The Morgan fingerprint density at radius 1 is 0.481 bits per heavy atom. The molecule has 0 amide bonds. The van der Waals surface area contributed by atoms with Gasteiger partial charge in [0.25, 0.3) is 0 Å². The zero-order valence-corrected chi connectivity index (χ0v) is 29.1. The number of rotatable bonds is 5. The average Bonchev–Trinajstić information content (AvgIpc) is 3.57. The maximum Gasteiger partial charge on any atom is 0.167 e. The zero-order chi connectivity index (χ0) is 35.5. The average molecular weight is 667 g/mol. The van der Waals surface area contributed by atoms with E-state index >= 15 is 0 Å². The van der Waals surface area contributed by atoms with E-state index < -0.39 is 0 Å². The van der Waals surface area contributed by atoms with Crippen LogP contribution in [0, 0.1) is 0 Å². The van der Waals surface area contributed by atoms with E-state index in [1.165, 1.54) is 5.56 Å². The molecular weight excluding hydrogens is 635 g/mol. The molecule has 2 aromatic heterocycles. The number of aromatic hydroxyl groups is 2. The van der Waals surface area contributed by atoms with Crippen molar-refractivity contribution in [3.05, 3.63) is 146 Å². The molecule has 52 heavy (non-hydrogen) atoms. The topological polar surface area (TPSA) is 71.2 Å². The van der Waals surface area contributed by atoms with E-state index in [1.807, 2.05) is 60.1 Å². The first-order valence-electron chi connectivity index (χ1n) is 17.5. The number of hydrogen-bond donors (Lipinski definition) is 2. The number of phenolic OH excluding ortho intramolecular Hbond substituents is 2. The molecule has 0 aliphatic carbocycles. The summed E-state index contributed by atoms with van der Waals surface area (Å²) in [6.45, 7) is 0. The minimum atomic E-state index is -0.163. The molecule has 5 nitrogen and oxygen atoms in total. The van der Waals surface area contributed by atoms with Gasteiger partial charge in [0.2, 0.25) is 0 Å².